The average molecular weight is 401 g/mol. The van der Waals surface area contributed by atoms with Crippen LogP contribution in [-0.4, -0.2) is 31.8 Å². The molecule has 0 aliphatic rings. The van der Waals surface area contributed by atoms with Crippen LogP contribution in [0.3, 0.4) is 0 Å². The number of aromatic nitrogens is 4. The fraction of sp³-hybridized carbons (Fsp3) is 0.217. The van der Waals surface area contributed by atoms with E-state index in [0.717, 1.165) is 23.1 Å². The van der Waals surface area contributed by atoms with Crippen molar-refractivity contribution in [1.29, 1.82) is 0 Å². The minimum Gasteiger partial charge on any atom is -0.354 e. The molecule has 152 valence electrons. The second-order valence-corrected chi connectivity index (χ2v) is 7.34. The van der Waals surface area contributed by atoms with Crippen molar-refractivity contribution >= 4 is 11.4 Å². The van der Waals surface area contributed by atoms with E-state index in [1.165, 1.54) is 21.1 Å². The first-order chi connectivity index (χ1) is 14.5. The summed E-state index contributed by atoms with van der Waals surface area (Å²) in [5.74, 6) is -0.251. The van der Waals surface area contributed by atoms with E-state index >= 15 is 0 Å². The molecule has 0 atom stereocenters. The van der Waals surface area contributed by atoms with Gasteiger partial charge in [0, 0.05) is 12.1 Å². The minimum atomic E-state index is -0.349. The lowest BCUT2D eigenvalue weighted by atomic mass is 10.0. The summed E-state index contributed by atoms with van der Waals surface area (Å²) < 4.78 is 2.62. The number of hydrogen-bond acceptors (Lipinski definition) is 4. The number of amides is 1. The van der Waals surface area contributed by atoms with Crippen molar-refractivity contribution in [2.24, 2.45) is 0 Å². The van der Waals surface area contributed by atoms with Gasteiger partial charge in [0.1, 0.15) is 18.4 Å². The maximum atomic E-state index is 12.8. The van der Waals surface area contributed by atoms with Crippen LogP contribution in [0.15, 0.2) is 65.7 Å². The van der Waals surface area contributed by atoms with Crippen LogP contribution in [0.25, 0.3) is 16.8 Å². The summed E-state index contributed by atoms with van der Waals surface area (Å²) in [6, 6.07) is 17.7. The fourth-order valence-corrected chi connectivity index (χ4v) is 3.28. The Morgan fingerprint density at radius 1 is 1.03 bits per heavy atom. The Kier molecular flexibility index (Phi) is 5.43. The largest absolute Gasteiger partial charge is 0.354 e. The molecule has 1 amide bonds. The zero-order valence-corrected chi connectivity index (χ0v) is 17.0. The van der Waals surface area contributed by atoms with Gasteiger partial charge in [0.05, 0.1) is 5.69 Å². The van der Waals surface area contributed by atoms with Gasteiger partial charge in [-0.25, -0.2) is 9.20 Å². The van der Waals surface area contributed by atoms with Gasteiger partial charge < -0.3 is 5.32 Å². The normalized spacial score (nSPS) is 11.0. The van der Waals surface area contributed by atoms with Crippen molar-refractivity contribution in [1.82, 2.24) is 24.7 Å². The van der Waals surface area contributed by atoms with E-state index in [4.69, 9.17) is 0 Å². The van der Waals surface area contributed by atoms with Crippen molar-refractivity contribution in [3.8, 4) is 11.3 Å². The third-order valence-electron chi connectivity index (χ3n) is 5.16. The lowest BCUT2D eigenvalue weighted by molar-refractivity contribution is -0.121. The molecule has 4 aromatic rings. The molecular weight excluding hydrogens is 378 g/mol. The quantitative estimate of drug-likeness (QED) is 0.538. The lowest BCUT2D eigenvalue weighted by Gasteiger charge is -2.07. The van der Waals surface area contributed by atoms with Crippen LogP contribution in [0.2, 0.25) is 0 Å². The molecule has 0 fully saturated rings. The highest BCUT2D eigenvalue weighted by atomic mass is 16.2. The SMILES string of the molecule is Cc1ccc(-c2cc3c(=O)n(CC(=O)NCCc4ccccc4)ncn3n2)cc1C. The van der Waals surface area contributed by atoms with Crippen LogP contribution in [-0.2, 0) is 17.8 Å². The summed E-state index contributed by atoms with van der Waals surface area (Å²) >= 11 is 0. The first kappa shape index (κ1) is 19.6. The minimum absolute atomic E-state index is 0.131. The van der Waals surface area contributed by atoms with Crippen molar-refractivity contribution < 1.29 is 4.79 Å². The number of carbonyl (C=O) groups excluding carboxylic acids is 1. The molecule has 0 saturated carbocycles. The smallest absolute Gasteiger partial charge is 0.293 e. The van der Waals surface area contributed by atoms with Crippen LogP contribution in [0.4, 0.5) is 0 Å². The van der Waals surface area contributed by atoms with Gasteiger partial charge in [0.2, 0.25) is 5.91 Å². The average Bonchev–Trinajstić information content (AvgIpc) is 3.18. The first-order valence-electron chi connectivity index (χ1n) is 9.85. The lowest BCUT2D eigenvalue weighted by Crippen LogP contribution is -2.35. The first-order valence-corrected chi connectivity index (χ1v) is 9.85. The number of hydrogen-bond donors (Lipinski definition) is 1. The Morgan fingerprint density at radius 3 is 2.60 bits per heavy atom. The van der Waals surface area contributed by atoms with Gasteiger partial charge in [0.25, 0.3) is 5.56 Å². The monoisotopic (exact) mass is 401 g/mol. The Hall–Kier alpha value is -3.74. The van der Waals surface area contributed by atoms with E-state index in [1.807, 2.05) is 55.5 Å². The number of aryl methyl sites for hydroxylation is 2. The Bertz CT molecular complexity index is 1260. The summed E-state index contributed by atoms with van der Waals surface area (Å²) in [4.78, 5) is 25.0. The molecule has 4 rings (SSSR count). The van der Waals surface area contributed by atoms with E-state index < -0.39 is 0 Å². The van der Waals surface area contributed by atoms with Gasteiger partial charge in [-0.3, -0.25) is 9.59 Å². The van der Waals surface area contributed by atoms with Crippen LogP contribution in [0.1, 0.15) is 16.7 Å². The standard InChI is InChI=1S/C23H23N5O2/c1-16-8-9-19(12-17(16)2)20-13-21-23(30)27(25-15-28(21)26-20)14-22(29)24-11-10-18-6-4-3-5-7-18/h3-9,12-13,15H,10-11,14H2,1-2H3,(H,24,29). The Morgan fingerprint density at radius 2 is 1.83 bits per heavy atom. The van der Waals surface area contributed by atoms with Crippen LogP contribution in [0.5, 0.6) is 0 Å². The van der Waals surface area contributed by atoms with E-state index in [2.05, 4.69) is 22.4 Å². The predicted octanol–water partition coefficient (Wildman–Crippen LogP) is 2.53. The van der Waals surface area contributed by atoms with Gasteiger partial charge in [-0.2, -0.15) is 10.2 Å². The van der Waals surface area contributed by atoms with Crippen LogP contribution >= 0.6 is 0 Å². The number of rotatable bonds is 6. The number of carbonyl (C=O) groups is 1. The second-order valence-electron chi connectivity index (χ2n) is 7.34. The predicted molar refractivity (Wildman–Crippen MR) is 115 cm³/mol. The fourth-order valence-electron chi connectivity index (χ4n) is 3.28. The summed E-state index contributed by atoms with van der Waals surface area (Å²) in [6.45, 7) is 4.47. The number of benzene rings is 2. The highest BCUT2D eigenvalue weighted by molar-refractivity contribution is 5.75. The number of fused-ring (bicyclic) bond motifs is 1. The second kappa shape index (κ2) is 8.32. The molecule has 7 heteroatoms. The maximum absolute atomic E-state index is 12.8. The molecule has 0 spiro atoms. The van der Waals surface area contributed by atoms with Crippen molar-refractivity contribution in [3.63, 3.8) is 0 Å². The Balaban J connectivity index is 1.48. The number of nitrogens with zero attached hydrogens (tertiary/aromatic N) is 4. The molecule has 2 aromatic heterocycles. The van der Waals surface area contributed by atoms with Gasteiger partial charge in [-0.1, -0.05) is 42.5 Å². The Labute approximate surface area is 174 Å². The van der Waals surface area contributed by atoms with Crippen LogP contribution < -0.4 is 10.9 Å². The molecule has 0 aliphatic heterocycles. The molecule has 0 aliphatic carbocycles. The summed E-state index contributed by atoms with van der Waals surface area (Å²) in [5, 5.41) is 11.4. The summed E-state index contributed by atoms with van der Waals surface area (Å²) in [7, 11) is 0. The zero-order valence-electron chi connectivity index (χ0n) is 17.0. The summed E-state index contributed by atoms with van der Waals surface area (Å²) in [6.07, 6.45) is 2.19. The van der Waals surface area contributed by atoms with E-state index in [0.29, 0.717) is 17.8 Å². The maximum Gasteiger partial charge on any atom is 0.293 e. The highest BCUT2D eigenvalue weighted by Gasteiger charge is 2.12. The topological polar surface area (TPSA) is 81.3 Å². The highest BCUT2D eigenvalue weighted by Crippen LogP contribution is 2.21. The van der Waals surface area contributed by atoms with Crippen LogP contribution in [0, 0.1) is 13.8 Å². The van der Waals surface area contributed by atoms with Gasteiger partial charge in [0.15, 0.2) is 0 Å². The molecule has 0 bridgehead atoms. The molecule has 1 N–H and O–H groups in total. The van der Waals surface area contributed by atoms with Gasteiger partial charge in [-0.05, 0) is 49.1 Å². The van der Waals surface area contributed by atoms with Crippen molar-refractivity contribution in [2.45, 2.75) is 26.8 Å². The summed E-state index contributed by atoms with van der Waals surface area (Å²) in [5.41, 5.74) is 5.17. The molecule has 0 radical (unpaired) electrons. The zero-order chi connectivity index (χ0) is 21.1. The molecule has 2 heterocycles. The van der Waals surface area contributed by atoms with E-state index in [1.54, 1.807) is 6.07 Å². The molecule has 0 unspecified atom stereocenters. The van der Waals surface area contributed by atoms with E-state index in [-0.39, 0.29) is 18.0 Å². The number of nitrogens with one attached hydrogen (secondary N) is 1. The molecule has 30 heavy (non-hydrogen) atoms. The van der Waals surface area contributed by atoms with E-state index in [9.17, 15) is 9.59 Å². The van der Waals surface area contributed by atoms with Gasteiger partial charge >= 0.3 is 0 Å². The van der Waals surface area contributed by atoms with Crippen molar-refractivity contribution in [2.75, 3.05) is 6.54 Å². The molecule has 2 aromatic carbocycles. The third-order valence-corrected chi connectivity index (χ3v) is 5.16. The molecule has 0 saturated heterocycles. The third kappa shape index (κ3) is 4.15. The molecular formula is C23H23N5O2. The van der Waals surface area contributed by atoms with Crippen molar-refractivity contribution in [3.05, 3.63) is 88.0 Å². The molecule has 7 nitrogen and oxygen atoms in total. The van der Waals surface area contributed by atoms with Gasteiger partial charge in [-0.15, -0.1) is 0 Å².